The number of halogens is 1. The minimum atomic E-state index is -0.307. The van der Waals surface area contributed by atoms with Crippen LogP contribution in [0.5, 0.6) is 11.5 Å². The lowest BCUT2D eigenvalue weighted by atomic mass is 10.0. The van der Waals surface area contributed by atoms with Gasteiger partial charge in [0.15, 0.2) is 23.0 Å². The number of aromatic nitrogens is 1. The molecule has 1 amide bonds. The number of benzene rings is 2. The highest BCUT2D eigenvalue weighted by molar-refractivity contribution is 5.93. The number of hydrogen-bond donors (Lipinski definition) is 0. The Balaban J connectivity index is 1.58. The number of nitrogens with zero attached hydrogens (tertiary/aromatic N) is 2. The normalized spacial score (nSPS) is 16.1. The molecule has 1 aliphatic rings. The van der Waals surface area contributed by atoms with Crippen molar-refractivity contribution in [2.45, 2.75) is 18.9 Å². The van der Waals surface area contributed by atoms with Gasteiger partial charge in [-0.1, -0.05) is 17.3 Å². The molecule has 7 heteroatoms. The summed E-state index contributed by atoms with van der Waals surface area (Å²) < 4.78 is 29.6. The summed E-state index contributed by atoms with van der Waals surface area (Å²) in [7, 11) is 3.12. The maximum Gasteiger partial charge on any atom is 0.276 e. The third-order valence-electron chi connectivity index (χ3n) is 5.14. The summed E-state index contributed by atoms with van der Waals surface area (Å²) in [6, 6.07) is 13.2. The molecule has 1 fully saturated rings. The van der Waals surface area contributed by atoms with Gasteiger partial charge < -0.3 is 18.9 Å². The number of carbonyl (C=O) groups excluding carboxylic acids is 1. The molecule has 0 spiro atoms. The van der Waals surface area contributed by atoms with E-state index in [9.17, 15) is 9.18 Å². The lowest BCUT2D eigenvalue weighted by Gasteiger charge is -2.24. The summed E-state index contributed by atoms with van der Waals surface area (Å²) >= 11 is 0. The Morgan fingerprint density at radius 2 is 1.97 bits per heavy atom. The van der Waals surface area contributed by atoms with E-state index >= 15 is 0 Å². The number of hydrogen-bond acceptors (Lipinski definition) is 5. The molecule has 0 bridgehead atoms. The molecule has 29 heavy (non-hydrogen) atoms. The van der Waals surface area contributed by atoms with Crippen molar-refractivity contribution < 1.29 is 23.2 Å². The third kappa shape index (κ3) is 3.68. The number of amides is 1. The van der Waals surface area contributed by atoms with Crippen LogP contribution >= 0.6 is 0 Å². The zero-order valence-electron chi connectivity index (χ0n) is 16.2. The van der Waals surface area contributed by atoms with Crippen molar-refractivity contribution in [3.05, 3.63) is 65.6 Å². The molecule has 2 heterocycles. The lowest BCUT2D eigenvalue weighted by Crippen LogP contribution is -2.30. The maximum absolute atomic E-state index is 13.6. The molecule has 0 aliphatic carbocycles. The number of rotatable bonds is 5. The number of ether oxygens (including phenoxy) is 2. The van der Waals surface area contributed by atoms with Gasteiger partial charge in [-0.05, 0) is 48.7 Å². The predicted molar refractivity (Wildman–Crippen MR) is 104 cm³/mol. The molecule has 4 rings (SSSR count). The molecule has 2 aromatic carbocycles. The summed E-state index contributed by atoms with van der Waals surface area (Å²) in [5.74, 6) is 1.07. The zero-order valence-corrected chi connectivity index (χ0v) is 16.2. The molecule has 3 aromatic rings. The second kappa shape index (κ2) is 7.95. The van der Waals surface area contributed by atoms with Gasteiger partial charge in [-0.25, -0.2) is 4.39 Å². The van der Waals surface area contributed by atoms with Gasteiger partial charge in [0, 0.05) is 18.2 Å². The average molecular weight is 396 g/mol. The predicted octanol–water partition coefficient (Wildman–Crippen LogP) is 4.48. The second-order valence-electron chi connectivity index (χ2n) is 6.86. The van der Waals surface area contributed by atoms with E-state index in [-0.39, 0.29) is 23.5 Å². The van der Waals surface area contributed by atoms with Gasteiger partial charge in [0.1, 0.15) is 5.82 Å². The van der Waals surface area contributed by atoms with Crippen LogP contribution in [0, 0.1) is 5.82 Å². The Morgan fingerprint density at radius 3 is 2.72 bits per heavy atom. The Morgan fingerprint density at radius 1 is 1.14 bits per heavy atom. The van der Waals surface area contributed by atoms with Gasteiger partial charge >= 0.3 is 0 Å². The highest BCUT2D eigenvalue weighted by Crippen LogP contribution is 2.35. The van der Waals surface area contributed by atoms with Crippen LogP contribution in [0.3, 0.4) is 0 Å². The van der Waals surface area contributed by atoms with Crippen molar-refractivity contribution in [1.82, 2.24) is 10.1 Å². The number of carbonyl (C=O) groups is 1. The fraction of sp³-hybridized carbons (Fsp3) is 0.273. The Labute approximate surface area is 167 Å². The molecule has 0 unspecified atom stereocenters. The van der Waals surface area contributed by atoms with E-state index in [1.165, 1.54) is 12.1 Å². The molecule has 0 saturated carbocycles. The van der Waals surface area contributed by atoms with Crippen molar-refractivity contribution >= 4 is 5.91 Å². The quantitative estimate of drug-likeness (QED) is 0.636. The summed E-state index contributed by atoms with van der Waals surface area (Å²) in [6.07, 6.45) is 1.64. The molecule has 0 N–H and O–H groups in total. The largest absolute Gasteiger partial charge is 0.493 e. The molecular formula is C22H21FN2O4. The van der Waals surface area contributed by atoms with E-state index in [0.717, 1.165) is 24.0 Å². The molecule has 1 atom stereocenters. The van der Waals surface area contributed by atoms with Crippen LogP contribution in [0.4, 0.5) is 4.39 Å². The molecule has 1 aliphatic heterocycles. The zero-order chi connectivity index (χ0) is 20.4. The van der Waals surface area contributed by atoms with Crippen molar-refractivity contribution in [2.75, 3.05) is 20.8 Å². The van der Waals surface area contributed by atoms with Gasteiger partial charge in [0.25, 0.3) is 5.91 Å². The SMILES string of the molecule is COc1ccc(-c2cc(C(=O)N3CCC[C@H]3c3cccc(F)c3)no2)cc1OC. The fourth-order valence-corrected chi connectivity index (χ4v) is 3.72. The van der Waals surface area contributed by atoms with E-state index in [1.807, 2.05) is 12.1 Å². The van der Waals surface area contributed by atoms with Gasteiger partial charge in [-0.3, -0.25) is 4.79 Å². The second-order valence-corrected chi connectivity index (χ2v) is 6.86. The first-order chi connectivity index (χ1) is 14.1. The van der Waals surface area contributed by atoms with Crippen LogP contribution in [-0.4, -0.2) is 36.7 Å². The summed E-state index contributed by atoms with van der Waals surface area (Å²) in [5, 5.41) is 3.97. The summed E-state index contributed by atoms with van der Waals surface area (Å²) in [5.41, 5.74) is 1.73. The molecule has 1 saturated heterocycles. The first-order valence-corrected chi connectivity index (χ1v) is 9.36. The molecular weight excluding hydrogens is 375 g/mol. The van der Waals surface area contributed by atoms with Crippen molar-refractivity contribution in [3.63, 3.8) is 0 Å². The van der Waals surface area contributed by atoms with Crippen LogP contribution in [0.2, 0.25) is 0 Å². The molecule has 0 radical (unpaired) electrons. The highest BCUT2D eigenvalue weighted by atomic mass is 19.1. The summed E-state index contributed by atoms with van der Waals surface area (Å²) in [6.45, 7) is 0.596. The van der Waals surface area contributed by atoms with Crippen LogP contribution in [0.15, 0.2) is 53.1 Å². The molecule has 1 aromatic heterocycles. The molecule has 6 nitrogen and oxygen atoms in total. The van der Waals surface area contributed by atoms with E-state index in [1.54, 1.807) is 43.4 Å². The monoisotopic (exact) mass is 396 g/mol. The Kier molecular flexibility index (Phi) is 5.20. The van der Waals surface area contributed by atoms with Gasteiger partial charge in [-0.15, -0.1) is 0 Å². The van der Waals surface area contributed by atoms with Crippen LogP contribution in [0.1, 0.15) is 34.9 Å². The van der Waals surface area contributed by atoms with E-state index < -0.39 is 0 Å². The minimum Gasteiger partial charge on any atom is -0.493 e. The van der Waals surface area contributed by atoms with Crippen molar-refractivity contribution in [1.29, 1.82) is 0 Å². The number of methoxy groups -OCH3 is 2. The standard InChI is InChI=1S/C22H21FN2O4/c1-27-19-9-8-15(12-21(19)28-2)20-13-17(24-29-20)22(26)25-10-4-7-18(25)14-5-3-6-16(23)11-14/h3,5-6,8-9,11-13,18H,4,7,10H2,1-2H3/t18-/m0/s1. The molecule has 150 valence electrons. The Bertz CT molecular complexity index is 1030. The van der Waals surface area contributed by atoms with Crippen molar-refractivity contribution in [2.24, 2.45) is 0 Å². The van der Waals surface area contributed by atoms with Crippen LogP contribution in [0.25, 0.3) is 11.3 Å². The van der Waals surface area contributed by atoms with Gasteiger partial charge in [-0.2, -0.15) is 0 Å². The highest BCUT2D eigenvalue weighted by Gasteiger charge is 2.32. The summed E-state index contributed by atoms with van der Waals surface area (Å²) in [4.78, 5) is 14.8. The lowest BCUT2D eigenvalue weighted by molar-refractivity contribution is 0.0725. The van der Waals surface area contributed by atoms with Gasteiger partial charge in [0.2, 0.25) is 0 Å². The minimum absolute atomic E-state index is 0.167. The average Bonchev–Trinajstić information content (AvgIpc) is 3.42. The first-order valence-electron chi connectivity index (χ1n) is 9.36. The number of likely N-dealkylation sites (tertiary alicyclic amines) is 1. The smallest absolute Gasteiger partial charge is 0.276 e. The van der Waals surface area contributed by atoms with Crippen LogP contribution in [-0.2, 0) is 0 Å². The van der Waals surface area contributed by atoms with Gasteiger partial charge in [0.05, 0.1) is 20.3 Å². The maximum atomic E-state index is 13.6. The van der Waals surface area contributed by atoms with E-state index in [0.29, 0.717) is 23.8 Å². The van der Waals surface area contributed by atoms with Crippen LogP contribution < -0.4 is 9.47 Å². The Hall–Kier alpha value is -3.35. The third-order valence-corrected chi connectivity index (χ3v) is 5.14. The first kappa shape index (κ1) is 19.0. The topological polar surface area (TPSA) is 64.8 Å². The van der Waals surface area contributed by atoms with E-state index in [2.05, 4.69) is 5.16 Å². The van der Waals surface area contributed by atoms with Crippen molar-refractivity contribution in [3.8, 4) is 22.8 Å². The van der Waals surface area contributed by atoms with E-state index in [4.69, 9.17) is 14.0 Å². The fourth-order valence-electron chi connectivity index (χ4n) is 3.72.